The number of hydrogen-bond donors (Lipinski definition) is 3. The second-order valence-corrected chi connectivity index (χ2v) is 10.1. The van der Waals surface area contributed by atoms with Crippen LogP contribution in [-0.4, -0.2) is 43.9 Å². The van der Waals surface area contributed by atoms with Crippen molar-refractivity contribution in [2.45, 2.75) is 63.7 Å². The van der Waals surface area contributed by atoms with Crippen LogP contribution in [0, 0.1) is 5.82 Å². The molecular weight excluding hydrogens is 471 g/mol. The van der Waals surface area contributed by atoms with E-state index in [2.05, 4.69) is 20.5 Å². The Hall–Kier alpha value is -3.78. The van der Waals surface area contributed by atoms with Crippen molar-refractivity contribution in [2.75, 3.05) is 0 Å². The lowest BCUT2D eigenvalue weighted by Crippen LogP contribution is -2.46. The Morgan fingerprint density at radius 1 is 1.24 bits per heavy atom. The highest BCUT2D eigenvalue weighted by atomic mass is 19.1. The average Bonchev–Trinajstić information content (AvgIpc) is 3.28. The van der Waals surface area contributed by atoms with E-state index in [1.807, 2.05) is 38.1 Å². The first-order valence-electron chi connectivity index (χ1n) is 12.7. The molecule has 0 radical (unpaired) electrons. The Balaban J connectivity index is 1.33. The van der Waals surface area contributed by atoms with Crippen LogP contribution in [0.4, 0.5) is 4.39 Å². The minimum atomic E-state index is -1.06. The molecule has 0 bridgehead atoms. The third-order valence-electron chi connectivity index (χ3n) is 6.82. The second-order valence-electron chi connectivity index (χ2n) is 10.1. The zero-order valence-corrected chi connectivity index (χ0v) is 21.0. The van der Waals surface area contributed by atoms with E-state index >= 15 is 0 Å². The maximum atomic E-state index is 14.2. The number of nitrogens with zero attached hydrogens (tertiary/aromatic N) is 2. The number of fused-ring (bicyclic) bond motifs is 1. The Morgan fingerprint density at radius 3 is 2.89 bits per heavy atom. The van der Waals surface area contributed by atoms with Gasteiger partial charge in [0.25, 0.3) is 5.91 Å². The number of nitrogens with one attached hydrogen (secondary N) is 2. The van der Waals surface area contributed by atoms with E-state index in [0.29, 0.717) is 35.5 Å². The fourth-order valence-electron chi connectivity index (χ4n) is 5.13. The summed E-state index contributed by atoms with van der Waals surface area (Å²) < 4.78 is 19.9. The zero-order chi connectivity index (χ0) is 26.0. The van der Waals surface area contributed by atoms with Gasteiger partial charge in [-0.2, -0.15) is 5.10 Å². The summed E-state index contributed by atoms with van der Waals surface area (Å²) in [6, 6.07) is 15.4. The molecule has 0 spiro atoms. The fraction of sp³-hybridized carbons (Fsp3) is 0.345. The van der Waals surface area contributed by atoms with Crippen molar-refractivity contribution >= 4 is 16.8 Å². The predicted molar refractivity (Wildman–Crippen MR) is 140 cm³/mol. The molecule has 1 saturated carbocycles. The number of H-pyrrole nitrogens is 1. The van der Waals surface area contributed by atoms with Gasteiger partial charge >= 0.3 is 0 Å². The van der Waals surface area contributed by atoms with Gasteiger partial charge in [-0.3, -0.25) is 9.89 Å². The lowest BCUT2D eigenvalue weighted by molar-refractivity contribution is -0.00685. The number of benzene rings is 2. The first-order chi connectivity index (χ1) is 17.8. The molecule has 0 saturated heterocycles. The molecule has 192 valence electrons. The van der Waals surface area contributed by atoms with E-state index in [-0.39, 0.29) is 30.3 Å². The summed E-state index contributed by atoms with van der Waals surface area (Å²) >= 11 is 0. The molecule has 37 heavy (non-hydrogen) atoms. The van der Waals surface area contributed by atoms with Crippen LogP contribution in [0.1, 0.15) is 55.5 Å². The SMILES string of the molecule is CC(C)Oc1cc(-c2n[nH]c3ccc(C(=O)N[C@@H]4CCC[C@@](O)(Cc5ccccc5F)C4)cc23)ccn1. The van der Waals surface area contributed by atoms with Crippen LogP contribution in [0.5, 0.6) is 5.88 Å². The Bertz CT molecular complexity index is 1420. The third-order valence-corrected chi connectivity index (χ3v) is 6.82. The van der Waals surface area contributed by atoms with Gasteiger partial charge < -0.3 is 15.2 Å². The molecular formula is C29H31FN4O3. The first-order valence-corrected chi connectivity index (χ1v) is 12.7. The van der Waals surface area contributed by atoms with Gasteiger partial charge in [-0.05, 0) is 75.4 Å². The Labute approximate surface area is 215 Å². The first kappa shape index (κ1) is 24.9. The van der Waals surface area contributed by atoms with E-state index in [4.69, 9.17) is 4.74 Å². The molecule has 0 aliphatic heterocycles. The lowest BCUT2D eigenvalue weighted by Gasteiger charge is -2.37. The standard InChI is InChI=1S/C29H31FN4O3/c1-18(2)37-26-15-19(11-13-31-26)27-23-14-20(9-10-25(23)33-34-27)28(35)32-22-7-5-12-29(36,17-22)16-21-6-3-4-8-24(21)30/h3-4,6,8-11,13-15,18,22,36H,5,7,12,16-17H2,1-2H3,(H,32,35)(H,33,34)/t22-,29-/m1/s1. The highest BCUT2D eigenvalue weighted by Crippen LogP contribution is 2.33. The minimum absolute atomic E-state index is 0.00172. The van der Waals surface area contributed by atoms with Gasteiger partial charge in [0.05, 0.1) is 17.2 Å². The van der Waals surface area contributed by atoms with Gasteiger partial charge in [0.1, 0.15) is 11.5 Å². The number of aromatic nitrogens is 3. The number of pyridine rings is 1. The number of halogens is 1. The summed E-state index contributed by atoms with van der Waals surface area (Å²) in [5, 5.41) is 22.6. The van der Waals surface area contributed by atoms with Crippen LogP contribution >= 0.6 is 0 Å². The van der Waals surface area contributed by atoms with Crippen LogP contribution in [0.2, 0.25) is 0 Å². The van der Waals surface area contributed by atoms with Crippen LogP contribution in [0.15, 0.2) is 60.8 Å². The smallest absolute Gasteiger partial charge is 0.251 e. The number of aliphatic hydroxyl groups is 1. The molecule has 1 aliphatic carbocycles. The molecule has 4 aromatic rings. The normalized spacial score (nSPS) is 19.8. The van der Waals surface area contributed by atoms with Crippen molar-refractivity contribution in [2.24, 2.45) is 0 Å². The quantitative estimate of drug-likeness (QED) is 0.323. The number of aromatic amines is 1. The summed E-state index contributed by atoms with van der Waals surface area (Å²) in [6.07, 6.45) is 4.37. The topological polar surface area (TPSA) is 100 Å². The Morgan fingerprint density at radius 2 is 2.08 bits per heavy atom. The molecule has 7 nitrogen and oxygen atoms in total. The average molecular weight is 503 g/mol. The van der Waals surface area contributed by atoms with Crippen LogP contribution in [0.3, 0.4) is 0 Å². The van der Waals surface area contributed by atoms with Crippen LogP contribution in [0.25, 0.3) is 22.2 Å². The van der Waals surface area contributed by atoms with E-state index in [1.165, 1.54) is 6.07 Å². The maximum Gasteiger partial charge on any atom is 0.251 e. The Kier molecular flexibility index (Phi) is 6.93. The van der Waals surface area contributed by atoms with E-state index in [1.54, 1.807) is 30.5 Å². The summed E-state index contributed by atoms with van der Waals surface area (Å²) in [4.78, 5) is 17.5. The highest BCUT2D eigenvalue weighted by Gasteiger charge is 2.35. The number of carbonyl (C=O) groups excluding carboxylic acids is 1. The number of ether oxygens (including phenoxy) is 1. The molecule has 5 rings (SSSR count). The van der Waals surface area contributed by atoms with E-state index in [9.17, 15) is 14.3 Å². The monoisotopic (exact) mass is 502 g/mol. The lowest BCUT2D eigenvalue weighted by atomic mass is 9.78. The van der Waals surface area contributed by atoms with Crippen molar-refractivity contribution in [1.82, 2.24) is 20.5 Å². The summed E-state index contributed by atoms with van der Waals surface area (Å²) in [5.41, 5.74) is 2.29. The van der Waals surface area contributed by atoms with Gasteiger partial charge in [-0.1, -0.05) is 18.2 Å². The van der Waals surface area contributed by atoms with Crippen LogP contribution < -0.4 is 10.1 Å². The largest absolute Gasteiger partial charge is 0.475 e. The van der Waals surface area contributed by atoms with Gasteiger partial charge in [-0.15, -0.1) is 0 Å². The van der Waals surface area contributed by atoms with Gasteiger partial charge in [-0.25, -0.2) is 9.37 Å². The zero-order valence-electron chi connectivity index (χ0n) is 21.0. The molecule has 2 aromatic carbocycles. The molecule has 1 aliphatic rings. The van der Waals surface area contributed by atoms with E-state index in [0.717, 1.165) is 29.3 Å². The van der Waals surface area contributed by atoms with E-state index < -0.39 is 5.60 Å². The predicted octanol–water partition coefficient (Wildman–Crippen LogP) is 5.20. The molecule has 2 atom stereocenters. The maximum absolute atomic E-state index is 14.2. The molecule has 0 unspecified atom stereocenters. The van der Waals surface area contributed by atoms with Crippen molar-refractivity contribution in [3.63, 3.8) is 0 Å². The summed E-state index contributed by atoms with van der Waals surface area (Å²) in [5.74, 6) is -0.0196. The molecule has 1 fully saturated rings. The molecule has 2 heterocycles. The van der Waals surface area contributed by atoms with Gasteiger partial charge in [0.15, 0.2) is 0 Å². The molecule has 2 aromatic heterocycles. The van der Waals surface area contributed by atoms with Crippen molar-refractivity contribution in [3.8, 4) is 17.1 Å². The van der Waals surface area contributed by atoms with Gasteiger partial charge in [0.2, 0.25) is 5.88 Å². The number of amides is 1. The third kappa shape index (κ3) is 5.64. The molecule has 8 heteroatoms. The van der Waals surface area contributed by atoms with Gasteiger partial charge in [0, 0.05) is 41.2 Å². The molecule has 3 N–H and O–H groups in total. The summed E-state index contributed by atoms with van der Waals surface area (Å²) in [6.45, 7) is 3.88. The van der Waals surface area contributed by atoms with Crippen LogP contribution in [-0.2, 0) is 6.42 Å². The highest BCUT2D eigenvalue weighted by molar-refractivity contribution is 6.01. The van der Waals surface area contributed by atoms with Crippen molar-refractivity contribution in [1.29, 1.82) is 0 Å². The number of hydrogen-bond acceptors (Lipinski definition) is 5. The van der Waals surface area contributed by atoms with Crippen molar-refractivity contribution in [3.05, 3.63) is 77.7 Å². The summed E-state index contributed by atoms with van der Waals surface area (Å²) in [7, 11) is 0. The fourth-order valence-corrected chi connectivity index (χ4v) is 5.13. The number of carbonyl (C=O) groups is 1. The number of rotatable bonds is 7. The molecule has 1 amide bonds. The minimum Gasteiger partial charge on any atom is -0.475 e. The second kappa shape index (κ2) is 10.3. The van der Waals surface area contributed by atoms with Crippen molar-refractivity contribution < 1.29 is 19.0 Å².